The average molecular weight is 330 g/mol. The quantitative estimate of drug-likeness (QED) is 0.930. The molecule has 0 radical (unpaired) electrons. The zero-order valence-corrected chi connectivity index (χ0v) is 13.5. The number of hydrogen-bond donors (Lipinski definition) is 1. The molecule has 0 aliphatic carbocycles. The minimum atomic E-state index is -0.0139. The van der Waals surface area contributed by atoms with Crippen LogP contribution in [0.5, 0.6) is 10.9 Å². The zero-order valence-electron chi connectivity index (χ0n) is 12.6. The molecule has 4 rings (SSSR count). The summed E-state index contributed by atoms with van der Waals surface area (Å²) in [5.41, 5.74) is 2.27. The highest BCUT2D eigenvalue weighted by Crippen LogP contribution is 2.27. The molecule has 2 aliphatic heterocycles. The van der Waals surface area contributed by atoms with Crippen LogP contribution in [0.1, 0.15) is 23.2 Å². The SMILES string of the molecule is O=C(NC1CC2CCN(C2)C1)c1ccc(Oc2nncs2)cc1. The molecule has 2 saturated heterocycles. The van der Waals surface area contributed by atoms with Crippen LogP contribution in [0, 0.1) is 5.92 Å². The Morgan fingerprint density at radius 3 is 2.91 bits per heavy atom. The Labute approximate surface area is 138 Å². The van der Waals surface area contributed by atoms with Gasteiger partial charge in [0.25, 0.3) is 11.1 Å². The van der Waals surface area contributed by atoms with E-state index in [4.69, 9.17) is 4.74 Å². The van der Waals surface area contributed by atoms with E-state index in [1.54, 1.807) is 29.8 Å². The van der Waals surface area contributed by atoms with Crippen LogP contribution in [0.3, 0.4) is 0 Å². The van der Waals surface area contributed by atoms with Crippen molar-refractivity contribution in [2.24, 2.45) is 5.92 Å². The summed E-state index contributed by atoms with van der Waals surface area (Å²) in [5.74, 6) is 1.39. The number of hydrogen-bond acceptors (Lipinski definition) is 6. The molecule has 6 nitrogen and oxygen atoms in total. The van der Waals surface area contributed by atoms with Crippen molar-refractivity contribution in [3.63, 3.8) is 0 Å². The summed E-state index contributed by atoms with van der Waals surface area (Å²) >= 11 is 1.33. The van der Waals surface area contributed by atoms with E-state index in [0.29, 0.717) is 16.5 Å². The van der Waals surface area contributed by atoms with E-state index in [2.05, 4.69) is 20.4 Å². The largest absolute Gasteiger partial charge is 0.430 e. The van der Waals surface area contributed by atoms with Gasteiger partial charge in [0.2, 0.25) is 0 Å². The molecule has 120 valence electrons. The Hall–Kier alpha value is -1.99. The van der Waals surface area contributed by atoms with Crippen molar-refractivity contribution in [2.75, 3.05) is 19.6 Å². The third-order valence-electron chi connectivity index (χ3n) is 4.46. The van der Waals surface area contributed by atoms with Crippen LogP contribution in [0.25, 0.3) is 0 Å². The number of aromatic nitrogens is 2. The summed E-state index contributed by atoms with van der Waals surface area (Å²) in [7, 11) is 0. The molecule has 2 aromatic rings. The molecular formula is C16H18N4O2S. The Kier molecular flexibility index (Phi) is 3.97. The highest BCUT2D eigenvalue weighted by molar-refractivity contribution is 7.11. The van der Waals surface area contributed by atoms with Crippen molar-refractivity contribution >= 4 is 17.2 Å². The van der Waals surface area contributed by atoms with Gasteiger partial charge in [-0.3, -0.25) is 4.79 Å². The Balaban J connectivity index is 1.36. The minimum absolute atomic E-state index is 0.0139. The molecule has 3 heterocycles. The van der Waals surface area contributed by atoms with E-state index in [1.807, 2.05) is 0 Å². The second kappa shape index (κ2) is 6.25. The molecule has 2 bridgehead atoms. The molecule has 1 amide bonds. The zero-order chi connectivity index (χ0) is 15.6. The maximum atomic E-state index is 12.4. The van der Waals surface area contributed by atoms with Crippen LogP contribution in [-0.4, -0.2) is 46.7 Å². The van der Waals surface area contributed by atoms with E-state index in [0.717, 1.165) is 18.9 Å². The number of carbonyl (C=O) groups excluding carboxylic acids is 1. The molecule has 7 heteroatoms. The van der Waals surface area contributed by atoms with Crippen molar-refractivity contribution in [2.45, 2.75) is 18.9 Å². The Bertz CT molecular complexity index is 662. The third-order valence-corrected chi connectivity index (χ3v) is 5.03. The normalized spacial score (nSPS) is 26.0. The fraction of sp³-hybridized carbons (Fsp3) is 0.438. The molecule has 3 atom stereocenters. The number of rotatable bonds is 4. The highest BCUT2D eigenvalue weighted by Gasteiger charge is 2.32. The third kappa shape index (κ3) is 3.35. The van der Waals surface area contributed by atoms with Crippen LogP contribution < -0.4 is 10.1 Å². The van der Waals surface area contributed by atoms with Crippen LogP contribution in [0.15, 0.2) is 29.8 Å². The van der Waals surface area contributed by atoms with E-state index in [1.165, 1.54) is 30.8 Å². The van der Waals surface area contributed by atoms with Crippen LogP contribution in [-0.2, 0) is 0 Å². The summed E-state index contributed by atoms with van der Waals surface area (Å²) in [4.78, 5) is 14.8. The standard InChI is InChI=1S/C16H18N4O2S/c21-15(18-13-7-11-5-6-20(8-11)9-13)12-1-3-14(4-2-12)22-16-19-17-10-23-16/h1-4,10-11,13H,5-9H2,(H,18,21). The fourth-order valence-corrected chi connectivity index (χ4v) is 3.84. The monoisotopic (exact) mass is 330 g/mol. The molecule has 1 aromatic carbocycles. The molecule has 1 N–H and O–H groups in total. The van der Waals surface area contributed by atoms with Crippen molar-refractivity contribution in [3.05, 3.63) is 35.3 Å². The van der Waals surface area contributed by atoms with Crippen molar-refractivity contribution < 1.29 is 9.53 Å². The van der Waals surface area contributed by atoms with E-state index in [9.17, 15) is 4.79 Å². The van der Waals surface area contributed by atoms with Gasteiger partial charge in [0.05, 0.1) is 0 Å². The predicted octanol–water partition coefficient (Wildman–Crippen LogP) is 2.15. The van der Waals surface area contributed by atoms with Gasteiger partial charge in [0.15, 0.2) is 0 Å². The van der Waals surface area contributed by atoms with Crippen molar-refractivity contribution in [3.8, 4) is 10.9 Å². The van der Waals surface area contributed by atoms with Crippen LogP contribution >= 0.6 is 11.3 Å². The van der Waals surface area contributed by atoms with Gasteiger partial charge >= 0.3 is 0 Å². The molecule has 0 spiro atoms. The summed E-state index contributed by atoms with van der Waals surface area (Å²) in [5, 5.41) is 11.2. The number of amides is 1. The highest BCUT2D eigenvalue weighted by atomic mass is 32.1. The first-order valence-corrected chi connectivity index (χ1v) is 8.71. The summed E-state index contributed by atoms with van der Waals surface area (Å²) in [6.45, 7) is 3.35. The lowest BCUT2D eigenvalue weighted by Crippen LogP contribution is -2.46. The van der Waals surface area contributed by atoms with Crippen molar-refractivity contribution in [1.29, 1.82) is 0 Å². The number of ether oxygens (including phenoxy) is 1. The smallest absolute Gasteiger partial charge is 0.299 e. The number of nitrogens with zero attached hydrogens (tertiary/aromatic N) is 3. The lowest BCUT2D eigenvalue weighted by Gasteiger charge is -2.30. The van der Waals surface area contributed by atoms with E-state index < -0.39 is 0 Å². The molecule has 23 heavy (non-hydrogen) atoms. The summed E-state index contributed by atoms with van der Waals surface area (Å²) < 4.78 is 5.55. The van der Waals surface area contributed by atoms with Gasteiger partial charge in [-0.05, 0) is 49.6 Å². The first kappa shape index (κ1) is 14.6. The first-order valence-electron chi connectivity index (χ1n) is 7.83. The van der Waals surface area contributed by atoms with Crippen molar-refractivity contribution in [1.82, 2.24) is 20.4 Å². The number of piperidine rings is 1. The molecular weight excluding hydrogens is 312 g/mol. The molecule has 2 aliphatic rings. The van der Waals surface area contributed by atoms with Gasteiger partial charge < -0.3 is 15.0 Å². The molecule has 2 fully saturated rings. The topological polar surface area (TPSA) is 67.4 Å². The van der Waals surface area contributed by atoms with Gasteiger partial charge in [-0.1, -0.05) is 16.4 Å². The lowest BCUT2D eigenvalue weighted by molar-refractivity contribution is 0.0909. The minimum Gasteiger partial charge on any atom is -0.430 e. The maximum Gasteiger partial charge on any atom is 0.299 e. The van der Waals surface area contributed by atoms with Crippen LogP contribution in [0.4, 0.5) is 0 Å². The van der Waals surface area contributed by atoms with Gasteiger partial charge in [-0.25, -0.2) is 0 Å². The molecule has 1 aromatic heterocycles. The summed E-state index contributed by atoms with van der Waals surface area (Å²) in [6.07, 6.45) is 2.37. The number of nitrogens with one attached hydrogen (secondary N) is 1. The lowest BCUT2D eigenvalue weighted by atomic mass is 9.96. The molecule has 0 saturated carbocycles. The predicted molar refractivity (Wildman–Crippen MR) is 86.8 cm³/mol. The Morgan fingerprint density at radius 1 is 1.30 bits per heavy atom. The molecule has 3 unspecified atom stereocenters. The van der Waals surface area contributed by atoms with Gasteiger partial charge in [-0.2, -0.15) is 0 Å². The average Bonchev–Trinajstić information content (AvgIpc) is 3.18. The number of fused-ring (bicyclic) bond motifs is 2. The number of benzene rings is 1. The fourth-order valence-electron chi connectivity index (χ4n) is 3.42. The number of carbonyl (C=O) groups is 1. The van der Waals surface area contributed by atoms with Gasteiger partial charge in [0, 0.05) is 24.7 Å². The second-order valence-electron chi connectivity index (χ2n) is 6.15. The maximum absolute atomic E-state index is 12.4. The van der Waals surface area contributed by atoms with Gasteiger partial charge in [0.1, 0.15) is 11.3 Å². The Morgan fingerprint density at radius 2 is 2.17 bits per heavy atom. The van der Waals surface area contributed by atoms with Gasteiger partial charge in [-0.15, -0.1) is 5.10 Å². The van der Waals surface area contributed by atoms with E-state index >= 15 is 0 Å². The van der Waals surface area contributed by atoms with E-state index in [-0.39, 0.29) is 11.9 Å². The second-order valence-corrected chi connectivity index (χ2v) is 6.95. The first-order chi connectivity index (χ1) is 11.3. The summed E-state index contributed by atoms with van der Waals surface area (Å²) in [6, 6.07) is 7.39. The van der Waals surface area contributed by atoms with Crippen LogP contribution in [0.2, 0.25) is 0 Å².